The zero-order valence-electron chi connectivity index (χ0n) is 12.4. The number of phenols is 1. The van der Waals surface area contributed by atoms with Gasteiger partial charge in [-0.2, -0.15) is 0 Å². The maximum Gasteiger partial charge on any atom is 0.115 e. The van der Waals surface area contributed by atoms with E-state index >= 15 is 0 Å². The predicted molar refractivity (Wildman–Crippen MR) is 80.8 cm³/mol. The highest BCUT2D eigenvalue weighted by Gasteiger charge is 2.45. The fraction of sp³-hybridized carbons (Fsp3) is 0.625. The first kappa shape index (κ1) is 15.3. The van der Waals surface area contributed by atoms with Crippen LogP contribution in [0.5, 0.6) is 5.75 Å². The van der Waals surface area contributed by atoms with Gasteiger partial charge in [0.2, 0.25) is 0 Å². The molecule has 0 radical (unpaired) electrons. The zero-order valence-corrected chi connectivity index (χ0v) is 12.4. The molecule has 0 aliphatic heterocycles. The minimum absolute atomic E-state index is 0.00417. The quantitative estimate of drug-likeness (QED) is 0.765. The summed E-state index contributed by atoms with van der Waals surface area (Å²) in [5.41, 5.74) is 14.4. The Morgan fingerprint density at radius 2 is 2.05 bits per heavy atom. The van der Waals surface area contributed by atoms with Crippen LogP contribution in [-0.2, 0) is 16.6 Å². The van der Waals surface area contributed by atoms with Crippen molar-refractivity contribution in [2.24, 2.45) is 11.5 Å². The van der Waals surface area contributed by atoms with Gasteiger partial charge in [0.05, 0.1) is 12.7 Å². The van der Waals surface area contributed by atoms with Gasteiger partial charge in [-0.1, -0.05) is 19.9 Å². The molecule has 2 rings (SSSR count). The van der Waals surface area contributed by atoms with Gasteiger partial charge < -0.3 is 21.3 Å². The number of hydrogen-bond acceptors (Lipinski definition) is 4. The minimum Gasteiger partial charge on any atom is -0.508 e. The third kappa shape index (κ3) is 2.43. The average molecular weight is 278 g/mol. The topological polar surface area (TPSA) is 81.5 Å². The highest BCUT2D eigenvalue weighted by Crippen LogP contribution is 2.43. The molecule has 1 aliphatic carbocycles. The van der Waals surface area contributed by atoms with Gasteiger partial charge in [-0.3, -0.25) is 0 Å². The number of aromatic hydroxyl groups is 1. The van der Waals surface area contributed by atoms with Crippen LogP contribution in [0.3, 0.4) is 0 Å². The van der Waals surface area contributed by atoms with Gasteiger partial charge in [-0.15, -0.1) is 0 Å². The molecule has 1 aliphatic rings. The van der Waals surface area contributed by atoms with E-state index in [4.69, 9.17) is 16.2 Å². The summed E-state index contributed by atoms with van der Waals surface area (Å²) >= 11 is 0. The first-order valence-electron chi connectivity index (χ1n) is 7.48. The van der Waals surface area contributed by atoms with E-state index in [1.54, 1.807) is 6.07 Å². The van der Waals surface area contributed by atoms with Crippen LogP contribution in [0, 0.1) is 0 Å². The summed E-state index contributed by atoms with van der Waals surface area (Å²) in [5.74, 6) is 0.309. The van der Waals surface area contributed by atoms with Crippen LogP contribution >= 0.6 is 0 Å². The standard InChI is InChI=1S/C16H26N2O2/c1-3-16(4-2)13-10-12(19)6-5-11(13)9-14(15(16)18)20-8-7-17/h5-6,10,14-15,19H,3-4,7-9,17-18H2,1-2H3. The van der Waals surface area contributed by atoms with Gasteiger partial charge in [-0.25, -0.2) is 0 Å². The molecule has 1 aromatic rings. The number of benzene rings is 1. The number of ether oxygens (including phenoxy) is 1. The molecule has 0 spiro atoms. The second-order valence-electron chi connectivity index (χ2n) is 5.63. The summed E-state index contributed by atoms with van der Waals surface area (Å²) in [5, 5.41) is 9.82. The molecule has 0 fully saturated rings. The van der Waals surface area contributed by atoms with Crippen molar-refractivity contribution in [3.05, 3.63) is 29.3 Å². The van der Waals surface area contributed by atoms with Crippen molar-refractivity contribution in [1.29, 1.82) is 0 Å². The second-order valence-corrected chi connectivity index (χ2v) is 5.63. The van der Waals surface area contributed by atoms with Crippen LogP contribution in [0.15, 0.2) is 18.2 Å². The molecule has 2 unspecified atom stereocenters. The molecular weight excluding hydrogens is 252 g/mol. The highest BCUT2D eigenvalue weighted by molar-refractivity contribution is 5.44. The Kier molecular flexibility index (Phi) is 4.68. The number of hydrogen-bond donors (Lipinski definition) is 3. The molecule has 20 heavy (non-hydrogen) atoms. The Hall–Kier alpha value is -1.10. The largest absolute Gasteiger partial charge is 0.508 e. The molecule has 0 bridgehead atoms. The van der Waals surface area contributed by atoms with Gasteiger partial charge in [0.1, 0.15) is 5.75 Å². The van der Waals surface area contributed by atoms with Gasteiger partial charge in [-0.05, 0) is 36.1 Å². The maximum absolute atomic E-state index is 9.82. The summed E-state index contributed by atoms with van der Waals surface area (Å²) in [4.78, 5) is 0. The first-order valence-corrected chi connectivity index (χ1v) is 7.48. The Labute approximate surface area is 121 Å². The van der Waals surface area contributed by atoms with E-state index in [0.29, 0.717) is 18.9 Å². The fourth-order valence-corrected chi connectivity index (χ4v) is 3.57. The lowest BCUT2D eigenvalue weighted by Crippen LogP contribution is -2.57. The molecule has 112 valence electrons. The molecule has 0 heterocycles. The molecule has 2 atom stereocenters. The lowest BCUT2D eigenvalue weighted by Gasteiger charge is -2.47. The summed E-state index contributed by atoms with van der Waals surface area (Å²) in [6, 6.07) is 5.54. The SMILES string of the molecule is CCC1(CC)c2cc(O)ccc2CC(OCCN)C1N. The number of phenolic OH excluding ortho intramolecular Hbond substituents is 1. The molecule has 1 aromatic carbocycles. The average Bonchev–Trinajstić information content (AvgIpc) is 2.46. The first-order chi connectivity index (χ1) is 9.58. The van der Waals surface area contributed by atoms with E-state index in [-0.39, 0.29) is 17.6 Å². The van der Waals surface area contributed by atoms with Gasteiger partial charge >= 0.3 is 0 Å². The molecule has 4 nitrogen and oxygen atoms in total. The molecule has 0 saturated carbocycles. The van der Waals surface area contributed by atoms with Gasteiger partial charge in [0.15, 0.2) is 0 Å². The molecule has 5 N–H and O–H groups in total. The van der Waals surface area contributed by atoms with E-state index in [1.807, 2.05) is 12.1 Å². The molecule has 0 saturated heterocycles. The van der Waals surface area contributed by atoms with Crippen LogP contribution in [0.25, 0.3) is 0 Å². The summed E-state index contributed by atoms with van der Waals surface area (Å²) < 4.78 is 5.88. The summed E-state index contributed by atoms with van der Waals surface area (Å²) in [6.45, 7) is 5.36. The van der Waals surface area contributed by atoms with Crippen LogP contribution < -0.4 is 11.5 Å². The molecule has 0 aromatic heterocycles. The number of nitrogens with two attached hydrogens (primary N) is 2. The summed E-state index contributed by atoms with van der Waals surface area (Å²) in [6.07, 6.45) is 2.65. The van der Waals surface area contributed by atoms with Crippen molar-refractivity contribution in [2.45, 2.75) is 50.7 Å². The number of fused-ring (bicyclic) bond motifs is 1. The monoisotopic (exact) mass is 278 g/mol. The van der Waals surface area contributed by atoms with Crippen molar-refractivity contribution in [2.75, 3.05) is 13.2 Å². The molecular formula is C16H26N2O2. The Bertz CT molecular complexity index is 458. The normalized spacial score (nSPS) is 24.4. The van der Waals surface area contributed by atoms with Crippen LogP contribution in [0.1, 0.15) is 37.8 Å². The Morgan fingerprint density at radius 3 is 2.65 bits per heavy atom. The Balaban J connectivity index is 2.45. The van der Waals surface area contributed by atoms with E-state index in [2.05, 4.69) is 13.8 Å². The third-order valence-electron chi connectivity index (χ3n) is 4.80. The van der Waals surface area contributed by atoms with Crippen molar-refractivity contribution in [3.8, 4) is 5.75 Å². The van der Waals surface area contributed by atoms with E-state index in [1.165, 1.54) is 11.1 Å². The predicted octanol–water partition coefficient (Wildman–Crippen LogP) is 1.68. The van der Waals surface area contributed by atoms with Crippen LogP contribution in [0.2, 0.25) is 0 Å². The van der Waals surface area contributed by atoms with E-state index in [0.717, 1.165) is 19.3 Å². The van der Waals surface area contributed by atoms with Crippen molar-refractivity contribution >= 4 is 0 Å². The smallest absolute Gasteiger partial charge is 0.115 e. The fourth-order valence-electron chi connectivity index (χ4n) is 3.57. The Morgan fingerprint density at radius 1 is 1.35 bits per heavy atom. The third-order valence-corrected chi connectivity index (χ3v) is 4.80. The van der Waals surface area contributed by atoms with Crippen molar-refractivity contribution < 1.29 is 9.84 Å². The lowest BCUT2D eigenvalue weighted by molar-refractivity contribution is 0.00903. The molecule has 4 heteroatoms. The van der Waals surface area contributed by atoms with Crippen LogP contribution in [0.4, 0.5) is 0 Å². The van der Waals surface area contributed by atoms with E-state index < -0.39 is 0 Å². The van der Waals surface area contributed by atoms with E-state index in [9.17, 15) is 5.11 Å². The van der Waals surface area contributed by atoms with Gasteiger partial charge in [0.25, 0.3) is 0 Å². The van der Waals surface area contributed by atoms with Gasteiger partial charge in [0, 0.05) is 24.4 Å². The highest BCUT2D eigenvalue weighted by atomic mass is 16.5. The second kappa shape index (κ2) is 6.12. The maximum atomic E-state index is 9.82. The van der Waals surface area contributed by atoms with Crippen molar-refractivity contribution in [3.63, 3.8) is 0 Å². The van der Waals surface area contributed by atoms with Crippen molar-refractivity contribution in [1.82, 2.24) is 0 Å². The lowest BCUT2D eigenvalue weighted by atomic mass is 9.63. The zero-order chi connectivity index (χ0) is 14.8. The minimum atomic E-state index is -0.133. The molecule has 0 amide bonds. The van der Waals surface area contributed by atoms with Crippen LogP contribution in [-0.4, -0.2) is 30.4 Å². The number of rotatable bonds is 5. The summed E-state index contributed by atoms with van der Waals surface area (Å²) in [7, 11) is 0.